The molecule has 0 bridgehead atoms. The quantitative estimate of drug-likeness (QED) is 0.650. The SMILES string of the molecule is O[C@@H]1CCCCCC[C@H](O)CCCCC1. The van der Waals surface area contributed by atoms with Crippen LogP contribution in [0.4, 0.5) is 0 Å². The van der Waals surface area contributed by atoms with Gasteiger partial charge >= 0.3 is 0 Å². The first kappa shape index (κ1) is 13.0. The summed E-state index contributed by atoms with van der Waals surface area (Å²) >= 11 is 0. The predicted molar refractivity (Wildman–Crippen MR) is 62.8 cm³/mol. The first-order valence-corrected chi connectivity index (χ1v) is 6.65. The number of aliphatic hydroxyl groups excluding tert-OH is 2. The van der Waals surface area contributed by atoms with E-state index >= 15 is 0 Å². The molecule has 1 saturated carbocycles. The maximum absolute atomic E-state index is 9.67. The third-order valence-electron chi connectivity index (χ3n) is 3.40. The summed E-state index contributed by atoms with van der Waals surface area (Å²) < 4.78 is 0. The van der Waals surface area contributed by atoms with Gasteiger partial charge in [-0.05, 0) is 25.7 Å². The molecule has 0 aromatic heterocycles. The second kappa shape index (κ2) is 8.12. The van der Waals surface area contributed by atoms with Gasteiger partial charge in [0.05, 0.1) is 12.2 Å². The van der Waals surface area contributed by atoms with Gasteiger partial charge < -0.3 is 10.2 Å². The molecule has 1 fully saturated rings. The molecule has 0 aliphatic heterocycles. The van der Waals surface area contributed by atoms with Crippen molar-refractivity contribution in [1.82, 2.24) is 0 Å². The molecule has 2 atom stereocenters. The largest absolute Gasteiger partial charge is 0.393 e. The highest BCUT2D eigenvalue weighted by molar-refractivity contribution is 4.61. The van der Waals surface area contributed by atoms with E-state index in [1.54, 1.807) is 0 Å². The Hall–Kier alpha value is -0.0800. The number of hydrogen-bond donors (Lipinski definition) is 2. The van der Waals surface area contributed by atoms with Crippen LogP contribution >= 0.6 is 0 Å². The first-order chi connectivity index (χ1) is 7.29. The molecular weight excluding hydrogens is 188 g/mol. The predicted octanol–water partition coefficient (Wildman–Crippen LogP) is 3.01. The lowest BCUT2D eigenvalue weighted by Crippen LogP contribution is -2.06. The first-order valence-electron chi connectivity index (χ1n) is 6.65. The van der Waals surface area contributed by atoms with E-state index in [4.69, 9.17) is 0 Å². The van der Waals surface area contributed by atoms with Crippen LogP contribution in [0.1, 0.15) is 70.6 Å². The van der Waals surface area contributed by atoms with Crippen molar-refractivity contribution in [2.75, 3.05) is 0 Å². The maximum atomic E-state index is 9.67. The van der Waals surface area contributed by atoms with Gasteiger partial charge in [-0.1, -0.05) is 44.9 Å². The Morgan fingerprint density at radius 1 is 0.467 bits per heavy atom. The van der Waals surface area contributed by atoms with Gasteiger partial charge in [0, 0.05) is 0 Å². The molecule has 2 N–H and O–H groups in total. The molecule has 15 heavy (non-hydrogen) atoms. The highest BCUT2D eigenvalue weighted by atomic mass is 16.3. The van der Waals surface area contributed by atoms with Crippen LogP contribution < -0.4 is 0 Å². The lowest BCUT2D eigenvalue weighted by molar-refractivity contribution is 0.144. The summed E-state index contributed by atoms with van der Waals surface area (Å²) in [7, 11) is 0. The lowest BCUT2D eigenvalue weighted by atomic mass is 10.0. The molecule has 0 heterocycles. The van der Waals surface area contributed by atoms with Crippen molar-refractivity contribution in [3.63, 3.8) is 0 Å². The molecule has 90 valence electrons. The Morgan fingerprint density at radius 2 is 0.733 bits per heavy atom. The zero-order chi connectivity index (χ0) is 10.9. The highest BCUT2D eigenvalue weighted by Crippen LogP contribution is 2.16. The van der Waals surface area contributed by atoms with E-state index in [0.29, 0.717) is 0 Å². The second-order valence-corrected chi connectivity index (χ2v) is 4.94. The summed E-state index contributed by atoms with van der Waals surface area (Å²) in [5.41, 5.74) is 0. The Bertz CT molecular complexity index is 131. The summed E-state index contributed by atoms with van der Waals surface area (Å²) in [5, 5.41) is 19.3. The molecule has 0 spiro atoms. The summed E-state index contributed by atoms with van der Waals surface area (Å²) in [6.07, 6.45) is 11.8. The Morgan fingerprint density at radius 3 is 1.07 bits per heavy atom. The van der Waals surface area contributed by atoms with E-state index in [9.17, 15) is 10.2 Å². The molecule has 0 aromatic rings. The van der Waals surface area contributed by atoms with Gasteiger partial charge in [-0.15, -0.1) is 0 Å². The standard InChI is InChI=1S/C13H26O2/c14-12-8-4-1-2-5-9-13(15)11-7-3-6-10-12/h12-15H,1-11H2/t12-,13+. The normalized spacial score (nSPS) is 32.4. The molecule has 0 radical (unpaired) electrons. The van der Waals surface area contributed by atoms with E-state index in [1.807, 2.05) is 0 Å². The Kier molecular flexibility index (Phi) is 7.03. The molecule has 0 saturated heterocycles. The van der Waals surface area contributed by atoms with Crippen molar-refractivity contribution < 1.29 is 10.2 Å². The summed E-state index contributed by atoms with van der Waals surface area (Å²) in [5.74, 6) is 0. The molecule has 1 aliphatic rings. The van der Waals surface area contributed by atoms with Gasteiger partial charge in [-0.3, -0.25) is 0 Å². The maximum Gasteiger partial charge on any atom is 0.0540 e. The van der Waals surface area contributed by atoms with Gasteiger partial charge in [-0.25, -0.2) is 0 Å². The fourth-order valence-corrected chi connectivity index (χ4v) is 2.34. The number of aliphatic hydroxyl groups is 2. The van der Waals surface area contributed by atoms with Crippen LogP contribution in [0.3, 0.4) is 0 Å². The van der Waals surface area contributed by atoms with Crippen molar-refractivity contribution in [3.8, 4) is 0 Å². The fraction of sp³-hybridized carbons (Fsp3) is 1.00. The summed E-state index contributed by atoms with van der Waals surface area (Å²) in [6.45, 7) is 0. The Balaban J connectivity index is 2.20. The molecule has 1 aliphatic carbocycles. The monoisotopic (exact) mass is 214 g/mol. The van der Waals surface area contributed by atoms with E-state index in [2.05, 4.69) is 0 Å². The molecule has 0 unspecified atom stereocenters. The third kappa shape index (κ3) is 6.91. The second-order valence-electron chi connectivity index (χ2n) is 4.94. The average molecular weight is 214 g/mol. The zero-order valence-corrected chi connectivity index (χ0v) is 9.83. The van der Waals surface area contributed by atoms with E-state index < -0.39 is 0 Å². The minimum absolute atomic E-state index is 0.0734. The minimum atomic E-state index is -0.0734. The zero-order valence-electron chi connectivity index (χ0n) is 9.83. The molecule has 0 aromatic carbocycles. The van der Waals surface area contributed by atoms with Crippen molar-refractivity contribution in [2.45, 2.75) is 82.8 Å². The number of hydrogen-bond acceptors (Lipinski definition) is 2. The molecule has 0 amide bonds. The van der Waals surface area contributed by atoms with Gasteiger partial charge in [-0.2, -0.15) is 0 Å². The smallest absolute Gasteiger partial charge is 0.0540 e. The van der Waals surface area contributed by atoms with Crippen molar-refractivity contribution >= 4 is 0 Å². The van der Waals surface area contributed by atoms with Crippen LogP contribution in [0.2, 0.25) is 0 Å². The van der Waals surface area contributed by atoms with Gasteiger partial charge in [0.2, 0.25) is 0 Å². The molecule has 1 rings (SSSR count). The van der Waals surface area contributed by atoms with Crippen LogP contribution in [0.25, 0.3) is 0 Å². The topological polar surface area (TPSA) is 40.5 Å². The minimum Gasteiger partial charge on any atom is -0.393 e. The van der Waals surface area contributed by atoms with E-state index in [0.717, 1.165) is 57.8 Å². The van der Waals surface area contributed by atoms with Crippen LogP contribution in [0.15, 0.2) is 0 Å². The van der Waals surface area contributed by atoms with Crippen molar-refractivity contribution in [2.24, 2.45) is 0 Å². The summed E-state index contributed by atoms with van der Waals surface area (Å²) in [6, 6.07) is 0. The van der Waals surface area contributed by atoms with E-state index in [-0.39, 0.29) is 12.2 Å². The fourth-order valence-electron chi connectivity index (χ4n) is 2.34. The van der Waals surface area contributed by atoms with E-state index in [1.165, 1.54) is 12.8 Å². The van der Waals surface area contributed by atoms with Gasteiger partial charge in [0.25, 0.3) is 0 Å². The lowest BCUT2D eigenvalue weighted by Gasteiger charge is -2.09. The molecule has 2 nitrogen and oxygen atoms in total. The molecule has 2 heteroatoms. The van der Waals surface area contributed by atoms with Gasteiger partial charge in [0.1, 0.15) is 0 Å². The van der Waals surface area contributed by atoms with Crippen molar-refractivity contribution in [1.29, 1.82) is 0 Å². The third-order valence-corrected chi connectivity index (χ3v) is 3.40. The number of rotatable bonds is 0. The van der Waals surface area contributed by atoms with Crippen LogP contribution in [-0.4, -0.2) is 22.4 Å². The van der Waals surface area contributed by atoms with Crippen molar-refractivity contribution in [3.05, 3.63) is 0 Å². The van der Waals surface area contributed by atoms with Crippen LogP contribution in [-0.2, 0) is 0 Å². The van der Waals surface area contributed by atoms with Crippen LogP contribution in [0, 0.1) is 0 Å². The van der Waals surface area contributed by atoms with Crippen LogP contribution in [0.5, 0.6) is 0 Å². The van der Waals surface area contributed by atoms with Gasteiger partial charge in [0.15, 0.2) is 0 Å². The summed E-state index contributed by atoms with van der Waals surface area (Å²) in [4.78, 5) is 0. The average Bonchev–Trinajstić information content (AvgIpc) is 2.23. The highest BCUT2D eigenvalue weighted by Gasteiger charge is 2.07. The molecular formula is C13H26O2. The Labute approximate surface area is 93.7 Å².